The van der Waals surface area contributed by atoms with Crippen molar-refractivity contribution >= 4 is 23.4 Å². The fourth-order valence-corrected chi connectivity index (χ4v) is 4.60. The Labute approximate surface area is 204 Å². The van der Waals surface area contributed by atoms with Gasteiger partial charge in [-0.25, -0.2) is 0 Å². The molecular weight excluding hydrogens is 450 g/mol. The van der Waals surface area contributed by atoms with Crippen LogP contribution in [-0.2, 0) is 17.9 Å². The van der Waals surface area contributed by atoms with E-state index in [1.54, 1.807) is 13.2 Å². The minimum Gasteiger partial charge on any atom is -0.497 e. The highest BCUT2D eigenvalue weighted by Gasteiger charge is 2.22. The topological polar surface area (TPSA) is 72.7 Å². The predicted octanol–water partition coefficient (Wildman–Crippen LogP) is 3.49. The second-order valence-corrected chi connectivity index (χ2v) is 8.70. The number of thioether (sulfide) groups is 1. The summed E-state index contributed by atoms with van der Waals surface area (Å²) in [7, 11) is 1.63. The monoisotopic (exact) mass is 479 g/mol. The number of carbonyl (C=O) groups excluding carboxylic acids is 1. The third-order valence-corrected chi connectivity index (χ3v) is 6.56. The lowest BCUT2D eigenvalue weighted by Crippen LogP contribution is -2.49. The van der Waals surface area contributed by atoms with Crippen LogP contribution in [0.3, 0.4) is 0 Å². The highest BCUT2D eigenvalue weighted by atomic mass is 32.2. The molecule has 0 unspecified atom stereocenters. The molecule has 178 valence electrons. The summed E-state index contributed by atoms with van der Waals surface area (Å²) in [5.41, 5.74) is 1.20. The number of methoxy groups -OCH3 is 1. The first-order valence-electron chi connectivity index (χ1n) is 11.2. The Morgan fingerprint density at radius 3 is 2.41 bits per heavy atom. The maximum Gasteiger partial charge on any atom is 0.233 e. The van der Waals surface area contributed by atoms with Crippen molar-refractivity contribution in [2.75, 3.05) is 43.9 Å². The SMILES string of the molecule is C=CCn1c(COc2ccc(OC)cc2)nnc1SCC(=O)N1CCN(c2ccccc2)CC1. The van der Waals surface area contributed by atoms with Crippen molar-refractivity contribution in [3.63, 3.8) is 0 Å². The normalized spacial score (nSPS) is 13.6. The summed E-state index contributed by atoms with van der Waals surface area (Å²) in [6.45, 7) is 7.75. The summed E-state index contributed by atoms with van der Waals surface area (Å²) >= 11 is 1.40. The van der Waals surface area contributed by atoms with E-state index < -0.39 is 0 Å². The van der Waals surface area contributed by atoms with Crippen LogP contribution >= 0.6 is 11.8 Å². The van der Waals surface area contributed by atoms with E-state index >= 15 is 0 Å². The second kappa shape index (κ2) is 11.6. The van der Waals surface area contributed by atoms with Crippen molar-refractivity contribution in [2.24, 2.45) is 0 Å². The first-order chi connectivity index (χ1) is 16.7. The van der Waals surface area contributed by atoms with Crippen molar-refractivity contribution in [3.05, 3.63) is 73.1 Å². The minimum absolute atomic E-state index is 0.113. The number of anilines is 1. The minimum atomic E-state index is 0.113. The molecule has 2 aromatic carbocycles. The zero-order chi connectivity index (χ0) is 23.8. The Bertz CT molecular complexity index is 1080. The van der Waals surface area contributed by atoms with E-state index in [1.807, 2.05) is 51.9 Å². The first-order valence-corrected chi connectivity index (χ1v) is 12.2. The van der Waals surface area contributed by atoms with Gasteiger partial charge in [-0.15, -0.1) is 16.8 Å². The Balaban J connectivity index is 1.30. The molecule has 1 aliphatic rings. The van der Waals surface area contributed by atoms with Gasteiger partial charge >= 0.3 is 0 Å². The number of amides is 1. The van der Waals surface area contributed by atoms with Crippen molar-refractivity contribution in [1.29, 1.82) is 0 Å². The Morgan fingerprint density at radius 1 is 1.03 bits per heavy atom. The van der Waals surface area contributed by atoms with Gasteiger partial charge in [0.25, 0.3) is 0 Å². The molecule has 4 rings (SSSR count). The van der Waals surface area contributed by atoms with Crippen LogP contribution in [0.2, 0.25) is 0 Å². The van der Waals surface area contributed by atoms with Gasteiger partial charge in [0, 0.05) is 38.4 Å². The average Bonchev–Trinajstić information content (AvgIpc) is 3.28. The lowest BCUT2D eigenvalue weighted by Gasteiger charge is -2.36. The van der Waals surface area contributed by atoms with Gasteiger partial charge in [-0.1, -0.05) is 36.0 Å². The summed E-state index contributed by atoms with van der Waals surface area (Å²) in [5.74, 6) is 2.60. The van der Waals surface area contributed by atoms with E-state index in [0.717, 1.165) is 18.8 Å². The zero-order valence-electron chi connectivity index (χ0n) is 19.3. The fraction of sp³-hybridized carbons (Fsp3) is 0.320. The van der Waals surface area contributed by atoms with Crippen LogP contribution in [0.4, 0.5) is 5.69 Å². The Hall–Kier alpha value is -3.46. The van der Waals surface area contributed by atoms with E-state index in [0.29, 0.717) is 42.1 Å². The summed E-state index contributed by atoms with van der Waals surface area (Å²) in [5, 5.41) is 9.26. The van der Waals surface area contributed by atoms with E-state index in [9.17, 15) is 4.79 Å². The highest BCUT2D eigenvalue weighted by molar-refractivity contribution is 7.99. The van der Waals surface area contributed by atoms with Gasteiger partial charge in [0.2, 0.25) is 5.91 Å². The van der Waals surface area contributed by atoms with Crippen LogP contribution in [-0.4, -0.2) is 64.6 Å². The number of para-hydroxylation sites is 1. The number of ether oxygens (including phenoxy) is 2. The van der Waals surface area contributed by atoms with Crippen molar-refractivity contribution in [3.8, 4) is 11.5 Å². The van der Waals surface area contributed by atoms with E-state index in [-0.39, 0.29) is 12.5 Å². The van der Waals surface area contributed by atoms with Gasteiger partial charge in [-0.05, 0) is 36.4 Å². The number of benzene rings is 2. The van der Waals surface area contributed by atoms with E-state index in [4.69, 9.17) is 9.47 Å². The maximum absolute atomic E-state index is 12.8. The molecule has 1 aliphatic heterocycles. The lowest BCUT2D eigenvalue weighted by atomic mass is 10.2. The number of piperazine rings is 1. The molecule has 1 aromatic heterocycles. The molecule has 34 heavy (non-hydrogen) atoms. The van der Waals surface area contributed by atoms with Gasteiger partial charge in [-0.3, -0.25) is 9.36 Å². The molecule has 2 heterocycles. The van der Waals surface area contributed by atoms with E-state index in [2.05, 4.69) is 33.8 Å². The molecule has 0 spiro atoms. The summed E-state index contributed by atoms with van der Waals surface area (Å²) in [6, 6.07) is 17.7. The van der Waals surface area contributed by atoms with Gasteiger partial charge in [0.1, 0.15) is 18.1 Å². The quantitative estimate of drug-likeness (QED) is 0.326. The average molecular weight is 480 g/mol. The van der Waals surface area contributed by atoms with Gasteiger partial charge in [0.15, 0.2) is 11.0 Å². The predicted molar refractivity (Wildman–Crippen MR) is 134 cm³/mol. The second-order valence-electron chi connectivity index (χ2n) is 7.75. The van der Waals surface area contributed by atoms with Crippen molar-refractivity contribution in [2.45, 2.75) is 18.3 Å². The third-order valence-electron chi connectivity index (χ3n) is 5.61. The highest BCUT2D eigenvalue weighted by Crippen LogP contribution is 2.22. The summed E-state index contributed by atoms with van der Waals surface area (Å²) < 4.78 is 13.0. The summed E-state index contributed by atoms with van der Waals surface area (Å²) in [6.07, 6.45) is 1.79. The number of nitrogens with zero attached hydrogens (tertiary/aromatic N) is 5. The standard InChI is InChI=1S/C25H29N5O3S/c1-3-13-30-23(18-33-22-11-9-21(32-2)10-12-22)26-27-25(30)34-19-24(31)29-16-14-28(15-17-29)20-7-5-4-6-8-20/h3-12H,1,13-19H2,2H3. The molecule has 1 saturated heterocycles. The number of hydrogen-bond donors (Lipinski definition) is 0. The fourth-order valence-electron chi connectivity index (χ4n) is 3.74. The van der Waals surface area contributed by atoms with Crippen LogP contribution in [0.1, 0.15) is 5.82 Å². The molecule has 1 fully saturated rings. The number of aromatic nitrogens is 3. The number of carbonyl (C=O) groups is 1. The molecule has 0 N–H and O–H groups in total. The number of allylic oxidation sites excluding steroid dienone is 1. The zero-order valence-corrected chi connectivity index (χ0v) is 20.1. The molecule has 9 heteroatoms. The van der Waals surface area contributed by atoms with Gasteiger partial charge in [0.05, 0.1) is 12.9 Å². The number of hydrogen-bond acceptors (Lipinski definition) is 7. The van der Waals surface area contributed by atoms with Gasteiger partial charge < -0.3 is 19.3 Å². The van der Waals surface area contributed by atoms with Crippen molar-refractivity contribution < 1.29 is 14.3 Å². The maximum atomic E-state index is 12.8. The molecule has 0 bridgehead atoms. The van der Waals surface area contributed by atoms with Crippen LogP contribution in [0.25, 0.3) is 0 Å². The molecule has 0 radical (unpaired) electrons. The molecule has 3 aromatic rings. The van der Waals surface area contributed by atoms with Crippen LogP contribution in [0.5, 0.6) is 11.5 Å². The molecular formula is C25H29N5O3S. The van der Waals surface area contributed by atoms with Crippen molar-refractivity contribution in [1.82, 2.24) is 19.7 Å². The Morgan fingerprint density at radius 2 is 1.74 bits per heavy atom. The van der Waals surface area contributed by atoms with Crippen LogP contribution < -0.4 is 14.4 Å². The molecule has 0 saturated carbocycles. The van der Waals surface area contributed by atoms with Gasteiger partial charge in [-0.2, -0.15) is 0 Å². The van der Waals surface area contributed by atoms with Crippen LogP contribution in [0, 0.1) is 0 Å². The van der Waals surface area contributed by atoms with Crippen LogP contribution in [0.15, 0.2) is 72.4 Å². The molecule has 8 nitrogen and oxygen atoms in total. The molecule has 1 amide bonds. The Kier molecular flexibility index (Phi) is 8.08. The summed E-state index contributed by atoms with van der Waals surface area (Å²) in [4.78, 5) is 17.1. The first kappa shape index (κ1) is 23.7. The van der Waals surface area contributed by atoms with E-state index in [1.165, 1.54) is 17.4 Å². The third kappa shape index (κ3) is 5.91. The smallest absolute Gasteiger partial charge is 0.233 e. The molecule has 0 aliphatic carbocycles. The lowest BCUT2D eigenvalue weighted by molar-refractivity contribution is -0.128. The largest absolute Gasteiger partial charge is 0.497 e. The molecule has 0 atom stereocenters. The number of rotatable bonds is 10.